The van der Waals surface area contributed by atoms with Crippen molar-refractivity contribution < 1.29 is 9.90 Å². The second-order valence-electron chi connectivity index (χ2n) is 5.04. The van der Waals surface area contributed by atoms with Crippen LogP contribution in [0.1, 0.15) is 64.7 Å². The quantitative estimate of drug-likeness (QED) is 0.686. The highest BCUT2D eigenvalue weighted by atomic mass is 16.4. The molecule has 3 nitrogen and oxygen atoms in total. The summed E-state index contributed by atoms with van der Waals surface area (Å²) in [6.07, 6.45) is 10.1. The van der Waals surface area contributed by atoms with Gasteiger partial charge in [0.15, 0.2) is 0 Å². The summed E-state index contributed by atoms with van der Waals surface area (Å²) in [4.78, 5) is 10.4. The Balaban J connectivity index is 2.11. The van der Waals surface area contributed by atoms with E-state index >= 15 is 0 Å². The number of aliphatic carboxylic acids is 1. The molecule has 0 bridgehead atoms. The van der Waals surface area contributed by atoms with Gasteiger partial charge in [0.25, 0.3) is 0 Å². The molecule has 0 amide bonds. The fourth-order valence-corrected chi connectivity index (χ4v) is 2.49. The molecular weight excluding hydrogens is 202 g/mol. The van der Waals surface area contributed by atoms with Gasteiger partial charge in [0.1, 0.15) is 0 Å². The lowest BCUT2D eigenvalue weighted by Gasteiger charge is -2.21. The molecule has 1 aliphatic carbocycles. The second kappa shape index (κ2) is 7.66. The molecule has 3 heteroatoms. The first-order valence-electron chi connectivity index (χ1n) is 6.66. The summed E-state index contributed by atoms with van der Waals surface area (Å²) in [5, 5.41) is 12.2. The lowest BCUT2D eigenvalue weighted by Crippen LogP contribution is -2.36. The number of nitrogens with one attached hydrogen (secondary N) is 1. The maximum absolute atomic E-state index is 10.4. The Bertz CT molecular complexity index is 198. The van der Waals surface area contributed by atoms with Crippen molar-refractivity contribution in [1.82, 2.24) is 5.32 Å². The van der Waals surface area contributed by atoms with Gasteiger partial charge in [-0.2, -0.15) is 0 Å². The third-order valence-corrected chi connectivity index (χ3v) is 3.40. The average Bonchev–Trinajstić information content (AvgIpc) is 2.45. The molecule has 1 aliphatic rings. The molecule has 0 saturated heterocycles. The highest BCUT2D eigenvalue weighted by Crippen LogP contribution is 2.18. The lowest BCUT2D eigenvalue weighted by molar-refractivity contribution is -0.137. The van der Waals surface area contributed by atoms with Crippen molar-refractivity contribution in [3.05, 3.63) is 0 Å². The topological polar surface area (TPSA) is 49.3 Å². The number of hydrogen-bond acceptors (Lipinski definition) is 2. The zero-order valence-corrected chi connectivity index (χ0v) is 10.4. The summed E-state index contributed by atoms with van der Waals surface area (Å²) >= 11 is 0. The Morgan fingerprint density at radius 2 is 1.94 bits per heavy atom. The van der Waals surface area contributed by atoms with Crippen molar-refractivity contribution in [3.8, 4) is 0 Å². The fraction of sp³-hybridized carbons (Fsp3) is 0.923. The van der Waals surface area contributed by atoms with Crippen LogP contribution >= 0.6 is 0 Å². The minimum atomic E-state index is -0.679. The van der Waals surface area contributed by atoms with Crippen molar-refractivity contribution in [2.24, 2.45) is 0 Å². The molecule has 16 heavy (non-hydrogen) atoms. The molecule has 1 saturated carbocycles. The largest absolute Gasteiger partial charge is 0.481 e. The first kappa shape index (κ1) is 13.5. The maximum Gasteiger partial charge on any atom is 0.303 e. The predicted molar refractivity (Wildman–Crippen MR) is 65.6 cm³/mol. The van der Waals surface area contributed by atoms with E-state index in [0.717, 1.165) is 12.8 Å². The minimum absolute atomic E-state index is 0.302. The van der Waals surface area contributed by atoms with Crippen LogP contribution in [0.15, 0.2) is 0 Å². The fourth-order valence-electron chi connectivity index (χ4n) is 2.49. The molecular formula is C13H25NO2. The van der Waals surface area contributed by atoms with Gasteiger partial charge in [-0.25, -0.2) is 0 Å². The van der Waals surface area contributed by atoms with Gasteiger partial charge in [-0.05, 0) is 32.6 Å². The van der Waals surface area contributed by atoms with E-state index in [9.17, 15) is 4.79 Å². The molecule has 1 fully saturated rings. The zero-order valence-electron chi connectivity index (χ0n) is 10.4. The number of carbonyl (C=O) groups is 1. The summed E-state index contributed by atoms with van der Waals surface area (Å²) < 4.78 is 0. The molecule has 1 atom stereocenters. The molecule has 1 rings (SSSR count). The highest BCUT2D eigenvalue weighted by molar-refractivity contribution is 5.66. The highest BCUT2D eigenvalue weighted by Gasteiger charge is 2.14. The van der Waals surface area contributed by atoms with Crippen LogP contribution in [0.2, 0.25) is 0 Å². The van der Waals surface area contributed by atoms with E-state index in [1.165, 1.54) is 38.5 Å². The normalized spacial score (nSPS) is 20.3. The van der Waals surface area contributed by atoms with Crippen LogP contribution in [0.4, 0.5) is 0 Å². The van der Waals surface area contributed by atoms with Crippen molar-refractivity contribution in [2.45, 2.75) is 76.8 Å². The van der Waals surface area contributed by atoms with Gasteiger partial charge >= 0.3 is 5.97 Å². The van der Waals surface area contributed by atoms with Crippen LogP contribution in [0, 0.1) is 0 Å². The van der Waals surface area contributed by atoms with Gasteiger partial charge in [0, 0.05) is 18.5 Å². The van der Waals surface area contributed by atoms with Gasteiger partial charge < -0.3 is 10.4 Å². The first-order chi connectivity index (χ1) is 7.68. The average molecular weight is 227 g/mol. The number of carboxylic acids is 1. The van der Waals surface area contributed by atoms with Gasteiger partial charge in [0.05, 0.1) is 0 Å². The molecule has 94 valence electrons. The third-order valence-electron chi connectivity index (χ3n) is 3.40. The summed E-state index contributed by atoms with van der Waals surface area (Å²) in [5.74, 6) is -0.679. The van der Waals surface area contributed by atoms with Gasteiger partial charge in [0.2, 0.25) is 0 Å². The van der Waals surface area contributed by atoms with E-state index in [-0.39, 0.29) is 0 Å². The standard InChI is InChI=1S/C13H25NO2/c1-11(7-6-10-13(15)16)14-12-8-4-2-3-5-9-12/h11-12,14H,2-10H2,1H3,(H,15,16). The molecule has 0 spiro atoms. The minimum Gasteiger partial charge on any atom is -0.481 e. The van der Waals surface area contributed by atoms with Crippen LogP contribution < -0.4 is 5.32 Å². The zero-order chi connectivity index (χ0) is 11.8. The van der Waals surface area contributed by atoms with Gasteiger partial charge in [-0.15, -0.1) is 0 Å². The Hall–Kier alpha value is -0.570. The van der Waals surface area contributed by atoms with Crippen LogP contribution in [0.3, 0.4) is 0 Å². The van der Waals surface area contributed by atoms with E-state index in [0.29, 0.717) is 18.5 Å². The maximum atomic E-state index is 10.4. The molecule has 0 aromatic rings. The Morgan fingerprint density at radius 3 is 2.50 bits per heavy atom. The smallest absolute Gasteiger partial charge is 0.303 e. The molecule has 1 unspecified atom stereocenters. The number of rotatable bonds is 6. The molecule has 0 aromatic heterocycles. The van der Waals surface area contributed by atoms with Crippen LogP contribution in [0.25, 0.3) is 0 Å². The summed E-state index contributed by atoms with van der Waals surface area (Å²) in [6.45, 7) is 2.17. The molecule has 0 heterocycles. The van der Waals surface area contributed by atoms with E-state index in [1.54, 1.807) is 0 Å². The summed E-state index contributed by atoms with van der Waals surface area (Å²) in [6, 6.07) is 1.13. The summed E-state index contributed by atoms with van der Waals surface area (Å²) in [7, 11) is 0. The van der Waals surface area contributed by atoms with E-state index < -0.39 is 5.97 Å². The SMILES string of the molecule is CC(CCCC(=O)O)NC1CCCCCC1. The monoisotopic (exact) mass is 227 g/mol. The first-order valence-corrected chi connectivity index (χ1v) is 6.66. The molecule has 2 N–H and O–H groups in total. The number of hydrogen-bond donors (Lipinski definition) is 2. The van der Waals surface area contributed by atoms with Crippen LogP contribution in [-0.4, -0.2) is 23.2 Å². The molecule has 0 aliphatic heterocycles. The van der Waals surface area contributed by atoms with Crippen LogP contribution in [-0.2, 0) is 4.79 Å². The van der Waals surface area contributed by atoms with E-state index in [1.807, 2.05) is 0 Å². The molecule has 0 radical (unpaired) electrons. The second-order valence-corrected chi connectivity index (χ2v) is 5.04. The van der Waals surface area contributed by atoms with Crippen molar-refractivity contribution >= 4 is 5.97 Å². The van der Waals surface area contributed by atoms with Crippen molar-refractivity contribution in [2.75, 3.05) is 0 Å². The van der Waals surface area contributed by atoms with E-state index in [2.05, 4.69) is 12.2 Å². The molecule has 0 aromatic carbocycles. The van der Waals surface area contributed by atoms with Gasteiger partial charge in [-0.3, -0.25) is 4.79 Å². The van der Waals surface area contributed by atoms with Crippen LogP contribution in [0.5, 0.6) is 0 Å². The van der Waals surface area contributed by atoms with E-state index in [4.69, 9.17) is 5.11 Å². The van der Waals surface area contributed by atoms with Crippen molar-refractivity contribution in [3.63, 3.8) is 0 Å². The van der Waals surface area contributed by atoms with Crippen molar-refractivity contribution in [1.29, 1.82) is 0 Å². The number of carboxylic acid groups (broad SMARTS) is 1. The Labute approximate surface area is 98.6 Å². The predicted octanol–water partition coefficient (Wildman–Crippen LogP) is 2.94. The Morgan fingerprint density at radius 1 is 1.31 bits per heavy atom. The third kappa shape index (κ3) is 6.11. The van der Waals surface area contributed by atoms with Gasteiger partial charge in [-0.1, -0.05) is 25.7 Å². The lowest BCUT2D eigenvalue weighted by atomic mass is 10.1. The Kier molecular flexibility index (Phi) is 6.46. The summed E-state index contributed by atoms with van der Waals surface area (Å²) in [5.41, 5.74) is 0.